The van der Waals surface area contributed by atoms with E-state index >= 15 is 0 Å². The Morgan fingerprint density at radius 2 is 2.19 bits per heavy atom. The van der Waals surface area contributed by atoms with Crippen molar-refractivity contribution >= 4 is 16.8 Å². The summed E-state index contributed by atoms with van der Waals surface area (Å²) in [4.78, 5) is 11.5. The van der Waals surface area contributed by atoms with Crippen LogP contribution in [0.15, 0.2) is 40.9 Å². The minimum atomic E-state index is -0.469. The molecule has 0 saturated heterocycles. The Hall–Kier alpha value is -2.60. The van der Waals surface area contributed by atoms with E-state index in [2.05, 4.69) is 0 Å². The molecule has 0 aliphatic carbocycles. The molecule has 0 radical (unpaired) electrons. The normalized spacial score (nSPS) is 11.0. The second-order valence-corrected chi connectivity index (χ2v) is 4.81. The zero-order chi connectivity index (χ0) is 15.0. The van der Waals surface area contributed by atoms with Crippen LogP contribution < -0.4 is 11.3 Å². The highest BCUT2D eigenvalue weighted by atomic mass is 19.1. The Labute approximate surface area is 120 Å². The van der Waals surface area contributed by atoms with Gasteiger partial charge in [-0.3, -0.25) is 10.2 Å². The first-order valence-corrected chi connectivity index (χ1v) is 6.43. The van der Waals surface area contributed by atoms with Gasteiger partial charge in [-0.2, -0.15) is 0 Å². The van der Waals surface area contributed by atoms with Crippen molar-refractivity contribution in [2.24, 2.45) is 5.84 Å². The number of carbonyl (C=O) groups excluding carboxylic acids is 1. The number of hydrazine groups is 1. The summed E-state index contributed by atoms with van der Waals surface area (Å²) in [6, 6.07) is 8.15. The van der Waals surface area contributed by atoms with E-state index in [0.717, 1.165) is 16.5 Å². The summed E-state index contributed by atoms with van der Waals surface area (Å²) in [5.74, 6) is 5.18. The lowest BCUT2D eigenvalue weighted by molar-refractivity contribution is 0.0924. The lowest BCUT2D eigenvalue weighted by Gasteiger charge is -2.04. The number of carbonyl (C=O) groups is 1. The number of nitrogens with two attached hydrogens (primary N) is 1. The number of nitrogen functional groups attached to an aromatic ring is 1. The smallest absolute Gasteiger partial charge is 0.300 e. The van der Waals surface area contributed by atoms with E-state index in [9.17, 15) is 9.18 Å². The molecule has 0 spiro atoms. The SMILES string of the molecule is Cc1oc(C(=O)NN)cc1Cn1ccc2cc(F)ccc21. The van der Waals surface area contributed by atoms with Crippen molar-refractivity contribution in [1.82, 2.24) is 9.99 Å². The second-order valence-electron chi connectivity index (χ2n) is 4.81. The molecule has 0 unspecified atom stereocenters. The molecular formula is C15H14FN3O2. The first kappa shape index (κ1) is 13.4. The molecule has 0 atom stereocenters. The van der Waals surface area contributed by atoms with Crippen molar-refractivity contribution in [1.29, 1.82) is 0 Å². The molecule has 1 aromatic carbocycles. The molecule has 0 aliphatic heterocycles. The third kappa shape index (κ3) is 2.41. The Bertz CT molecular complexity index is 820. The van der Waals surface area contributed by atoms with Crippen LogP contribution in [-0.4, -0.2) is 10.5 Å². The van der Waals surface area contributed by atoms with Crippen LogP contribution in [-0.2, 0) is 6.54 Å². The highest BCUT2D eigenvalue weighted by Gasteiger charge is 2.14. The first-order chi connectivity index (χ1) is 10.1. The van der Waals surface area contributed by atoms with Gasteiger partial charge in [0.1, 0.15) is 11.6 Å². The Morgan fingerprint density at radius 1 is 1.38 bits per heavy atom. The topological polar surface area (TPSA) is 73.2 Å². The molecule has 3 aromatic rings. The predicted molar refractivity (Wildman–Crippen MR) is 76.1 cm³/mol. The van der Waals surface area contributed by atoms with E-state index in [1.807, 2.05) is 22.3 Å². The molecule has 1 amide bonds. The number of furan rings is 1. The summed E-state index contributed by atoms with van der Waals surface area (Å²) >= 11 is 0. The summed E-state index contributed by atoms with van der Waals surface area (Å²) < 4.78 is 20.5. The van der Waals surface area contributed by atoms with Crippen molar-refractivity contribution in [2.45, 2.75) is 13.5 Å². The van der Waals surface area contributed by atoms with Crippen molar-refractivity contribution in [2.75, 3.05) is 0 Å². The van der Waals surface area contributed by atoms with Crippen LogP contribution in [0, 0.1) is 12.7 Å². The number of aryl methyl sites for hydroxylation is 1. The molecule has 0 aliphatic rings. The van der Waals surface area contributed by atoms with Crippen molar-refractivity contribution in [3.05, 3.63) is 59.4 Å². The van der Waals surface area contributed by atoms with Crippen molar-refractivity contribution in [3.63, 3.8) is 0 Å². The molecule has 3 N–H and O–H groups in total. The second kappa shape index (κ2) is 5.06. The third-order valence-corrected chi connectivity index (χ3v) is 3.45. The highest BCUT2D eigenvalue weighted by molar-refractivity contribution is 5.91. The monoisotopic (exact) mass is 287 g/mol. The van der Waals surface area contributed by atoms with E-state index in [0.29, 0.717) is 12.3 Å². The molecule has 108 valence electrons. The van der Waals surface area contributed by atoms with Crippen molar-refractivity contribution < 1.29 is 13.6 Å². The standard InChI is InChI=1S/C15H14FN3O2/c1-9-11(7-14(21-9)15(20)18-17)8-19-5-4-10-6-12(16)2-3-13(10)19/h2-7H,8,17H2,1H3,(H,18,20). The van der Waals surface area contributed by atoms with Gasteiger partial charge < -0.3 is 8.98 Å². The number of fused-ring (bicyclic) bond motifs is 1. The number of halogens is 1. The molecule has 6 heteroatoms. The predicted octanol–water partition coefficient (Wildman–Crippen LogP) is 2.33. The number of rotatable bonds is 3. The fourth-order valence-electron chi connectivity index (χ4n) is 2.35. The maximum absolute atomic E-state index is 13.2. The molecular weight excluding hydrogens is 273 g/mol. The summed E-state index contributed by atoms with van der Waals surface area (Å²) in [5.41, 5.74) is 3.82. The van der Waals surface area contributed by atoms with Crippen LogP contribution in [0.4, 0.5) is 4.39 Å². The molecule has 0 fully saturated rings. The van der Waals surface area contributed by atoms with Gasteiger partial charge in [-0.1, -0.05) is 0 Å². The van der Waals surface area contributed by atoms with Gasteiger partial charge in [0.15, 0.2) is 5.76 Å². The molecule has 3 rings (SSSR count). The van der Waals surface area contributed by atoms with Gasteiger partial charge in [-0.05, 0) is 37.3 Å². The third-order valence-electron chi connectivity index (χ3n) is 3.45. The van der Waals surface area contributed by atoms with Gasteiger partial charge in [-0.15, -0.1) is 0 Å². The highest BCUT2D eigenvalue weighted by Crippen LogP contribution is 2.21. The number of hydrogen-bond acceptors (Lipinski definition) is 3. The van der Waals surface area contributed by atoms with E-state index in [1.54, 1.807) is 19.1 Å². The number of benzene rings is 1. The minimum Gasteiger partial charge on any atom is -0.456 e. The lowest BCUT2D eigenvalue weighted by atomic mass is 10.2. The van der Waals surface area contributed by atoms with E-state index in [-0.39, 0.29) is 11.6 Å². The summed E-state index contributed by atoms with van der Waals surface area (Å²) in [6.45, 7) is 2.32. The van der Waals surface area contributed by atoms with Crippen LogP contribution in [0.25, 0.3) is 10.9 Å². The average Bonchev–Trinajstić information content (AvgIpc) is 3.03. The fourth-order valence-corrected chi connectivity index (χ4v) is 2.35. The van der Waals surface area contributed by atoms with Gasteiger partial charge in [0.2, 0.25) is 0 Å². The molecule has 2 heterocycles. The minimum absolute atomic E-state index is 0.174. The quantitative estimate of drug-likeness (QED) is 0.441. The largest absolute Gasteiger partial charge is 0.456 e. The average molecular weight is 287 g/mol. The number of nitrogens with one attached hydrogen (secondary N) is 1. The Morgan fingerprint density at radius 3 is 2.95 bits per heavy atom. The van der Waals surface area contributed by atoms with Crippen LogP contribution in [0.5, 0.6) is 0 Å². The zero-order valence-corrected chi connectivity index (χ0v) is 11.4. The van der Waals surface area contributed by atoms with Gasteiger partial charge in [-0.25, -0.2) is 10.2 Å². The number of nitrogens with zero attached hydrogens (tertiary/aromatic N) is 1. The molecule has 0 bridgehead atoms. The van der Waals surface area contributed by atoms with Gasteiger partial charge in [0.25, 0.3) is 0 Å². The zero-order valence-electron chi connectivity index (χ0n) is 11.4. The lowest BCUT2D eigenvalue weighted by Crippen LogP contribution is -2.29. The molecule has 0 saturated carbocycles. The number of hydrogen-bond donors (Lipinski definition) is 2. The van der Waals surface area contributed by atoms with Crippen molar-refractivity contribution in [3.8, 4) is 0 Å². The molecule has 21 heavy (non-hydrogen) atoms. The summed E-state index contributed by atoms with van der Waals surface area (Å²) in [5, 5.41) is 0.830. The number of amides is 1. The van der Waals surface area contributed by atoms with Gasteiger partial charge in [0.05, 0.1) is 6.54 Å². The van der Waals surface area contributed by atoms with Crippen LogP contribution in [0.1, 0.15) is 21.9 Å². The van der Waals surface area contributed by atoms with Gasteiger partial charge in [0, 0.05) is 22.7 Å². The molecule has 2 aromatic heterocycles. The van der Waals surface area contributed by atoms with E-state index in [4.69, 9.17) is 10.3 Å². The number of aromatic nitrogens is 1. The van der Waals surface area contributed by atoms with Crippen LogP contribution in [0.3, 0.4) is 0 Å². The summed E-state index contributed by atoms with van der Waals surface area (Å²) in [7, 11) is 0. The van der Waals surface area contributed by atoms with Gasteiger partial charge >= 0.3 is 5.91 Å². The fraction of sp³-hybridized carbons (Fsp3) is 0.133. The Kier molecular flexibility index (Phi) is 3.23. The van der Waals surface area contributed by atoms with Crippen LogP contribution in [0.2, 0.25) is 0 Å². The first-order valence-electron chi connectivity index (χ1n) is 6.43. The maximum Gasteiger partial charge on any atom is 0.300 e. The summed E-state index contributed by atoms with van der Waals surface area (Å²) in [6.07, 6.45) is 1.87. The van der Waals surface area contributed by atoms with Crippen LogP contribution >= 0.6 is 0 Å². The molecule has 5 nitrogen and oxygen atoms in total. The maximum atomic E-state index is 13.2. The van der Waals surface area contributed by atoms with E-state index in [1.165, 1.54) is 12.1 Å². The Balaban J connectivity index is 1.95. The van der Waals surface area contributed by atoms with E-state index < -0.39 is 5.91 Å².